The van der Waals surface area contributed by atoms with E-state index in [1.165, 1.54) is 11.8 Å². The van der Waals surface area contributed by atoms with Gasteiger partial charge in [-0.2, -0.15) is 4.99 Å². The second kappa shape index (κ2) is 7.38. The highest BCUT2D eigenvalue weighted by Gasteiger charge is 2.33. The highest BCUT2D eigenvalue weighted by atomic mass is 32.2. The van der Waals surface area contributed by atoms with Crippen LogP contribution in [0.25, 0.3) is 6.08 Å². The Morgan fingerprint density at radius 3 is 2.83 bits per heavy atom. The van der Waals surface area contributed by atoms with Crippen molar-refractivity contribution in [3.8, 4) is 17.2 Å². The van der Waals surface area contributed by atoms with Gasteiger partial charge in [-0.25, -0.2) is 0 Å². The van der Waals surface area contributed by atoms with Crippen molar-refractivity contribution < 1.29 is 19.0 Å². The number of nitrogens with zero attached hydrogens (tertiary/aromatic N) is 2. The summed E-state index contributed by atoms with van der Waals surface area (Å²) in [5.41, 5.74) is 2.93. The Labute approximate surface area is 177 Å². The molecule has 2 aromatic carbocycles. The van der Waals surface area contributed by atoms with Gasteiger partial charge >= 0.3 is 0 Å². The molecule has 0 saturated carbocycles. The third kappa shape index (κ3) is 3.35. The number of allylic oxidation sites excluding steroid dienone is 1. The summed E-state index contributed by atoms with van der Waals surface area (Å²) >= 11 is 1.36. The summed E-state index contributed by atoms with van der Waals surface area (Å²) in [6, 6.07) is 13.1. The summed E-state index contributed by atoms with van der Waals surface area (Å²) in [4.78, 5) is 18.1. The zero-order valence-electron chi connectivity index (χ0n) is 16.0. The minimum absolute atomic E-state index is 0.145. The number of benzene rings is 2. The van der Waals surface area contributed by atoms with Crippen molar-refractivity contribution in [2.75, 3.05) is 6.79 Å². The van der Waals surface area contributed by atoms with Crippen LogP contribution >= 0.6 is 11.8 Å². The lowest BCUT2D eigenvalue weighted by Crippen LogP contribution is -2.37. The molecule has 0 bridgehead atoms. The molecule has 0 unspecified atom stereocenters. The van der Waals surface area contributed by atoms with E-state index < -0.39 is 5.91 Å². The van der Waals surface area contributed by atoms with E-state index in [2.05, 4.69) is 4.99 Å². The van der Waals surface area contributed by atoms with E-state index in [-0.39, 0.29) is 18.2 Å². The average molecular weight is 419 g/mol. The maximum Gasteiger partial charge on any atom is 0.283 e. The number of carbonyl (C=O) groups is 1. The van der Waals surface area contributed by atoms with Crippen LogP contribution in [0.15, 0.2) is 64.1 Å². The van der Waals surface area contributed by atoms with Gasteiger partial charge in [0.1, 0.15) is 18.2 Å². The van der Waals surface area contributed by atoms with Gasteiger partial charge in [0.2, 0.25) is 6.79 Å². The number of nitrogens with one attached hydrogen (secondary N) is 1. The van der Waals surface area contributed by atoms with Gasteiger partial charge in [0, 0.05) is 5.70 Å². The summed E-state index contributed by atoms with van der Waals surface area (Å²) in [7, 11) is 0. The summed E-state index contributed by atoms with van der Waals surface area (Å²) in [5, 5.41) is 10.8. The average Bonchev–Trinajstić information content (AvgIpc) is 3.36. The summed E-state index contributed by atoms with van der Waals surface area (Å²) in [5.74, 6) is 1.92. The minimum Gasteiger partial charge on any atom is -0.489 e. The highest BCUT2D eigenvalue weighted by Crippen LogP contribution is 2.33. The van der Waals surface area contributed by atoms with Gasteiger partial charge in [0.25, 0.3) is 5.91 Å². The van der Waals surface area contributed by atoms with Crippen LogP contribution in [0.5, 0.6) is 17.2 Å². The zero-order valence-corrected chi connectivity index (χ0v) is 16.9. The molecule has 0 fully saturated rings. The van der Waals surface area contributed by atoms with Gasteiger partial charge in [0.05, 0.1) is 5.57 Å². The molecule has 0 aromatic heterocycles. The molecule has 0 aliphatic carbocycles. The lowest BCUT2D eigenvalue weighted by Gasteiger charge is -2.25. The maximum atomic E-state index is 12.4. The number of hydrogen-bond donors (Lipinski definition) is 1. The fourth-order valence-corrected chi connectivity index (χ4v) is 4.12. The Hall–Kier alpha value is -3.52. The standard InChI is InChI=1S/C22H17N3O4S/c1-13-11-30-22-24-21(26)17(20(23)25(13)22)8-14-2-5-16(6-3-14)27-10-15-4-7-18-19(9-15)29-12-28-18/h2-9,11,23H,10,12H2,1H3/b17-8-,23-20?. The number of thioether (sulfide) groups is 1. The van der Waals surface area contributed by atoms with Crippen molar-refractivity contribution in [2.45, 2.75) is 13.5 Å². The molecule has 150 valence electrons. The van der Waals surface area contributed by atoms with Gasteiger partial charge < -0.3 is 14.2 Å². The Bertz CT molecular complexity index is 1150. The number of rotatable bonds is 4. The van der Waals surface area contributed by atoms with E-state index >= 15 is 0 Å². The fourth-order valence-electron chi connectivity index (χ4n) is 3.27. The van der Waals surface area contributed by atoms with E-state index in [0.717, 1.165) is 28.3 Å². The van der Waals surface area contributed by atoms with Gasteiger partial charge in [-0.3, -0.25) is 15.1 Å². The smallest absolute Gasteiger partial charge is 0.283 e. The monoisotopic (exact) mass is 419 g/mol. The van der Waals surface area contributed by atoms with Crippen LogP contribution in [0, 0.1) is 5.41 Å². The maximum absolute atomic E-state index is 12.4. The van der Waals surface area contributed by atoms with E-state index in [0.29, 0.717) is 17.5 Å². The molecule has 3 heterocycles. The normalized spacial score (nSPS) is 18.4. The first kappa shape index (κ1) is 18.5. The van der Waals surface area contributed by atoms with Crippen LogP contribution in [0.2, 0.25) is 0 Å². The number of hydrogen-bond acceptors (Lipinski definition) is 6. The molecule has 0 radical (unpaired) electrons. The lowest BCUT2D eigenvalue weighted by molar-refractivity contribution is -0.114. The Morgan fingerprint density at radius 2 is 2.00 bits per heavy atom. The molecule has 2 aromatic rings. The van der Waals surface area contributed by atoms with E-state index in [9.17, 15) is 4.79 Å². The predicted octanol–water partition coefficient (Wildman–Crippen LogP) is 4.16. The molecule has 0 saturated heterocycles. The first-order chi connectivity index (χ1) is 14.6. The first-order valence-electron chi connectivity index (χ1n) is 9.27. The van der Waals surface area contributed by atoms with E-state index in [1.54, 1.807) is 11.0 Å². The molecular weight excluding hydrogens is 402 g/mol. The van der Waals surface area contributed by atoms with Gasteiger partial charge in [-0.15, -0.1) is 0 Å². The molecule has 3 aliphatic heterocycles. The first-order valence-corrected chi connectivity index (χ1v) is 10.1. The van der Waals surface area contributed by atoms with Crippen LogP contribution in [-0.2, 0) is 11.4 Å². The Kier molecular flexibility index (Phi) is 4.55. The van der Waals surface area contributed by atoms with Crippen LogP contribution < -0.4 is 14.2 Å². The second-order valence-corrected chi connectivity index (χ2v) is 7.70. The third-order valence-electron chi connectivity index (χ3n) is 4.82. The van der Waals surface area contributed by atoms with Crippen molar-refractivity contribution in [3.05, 3.63) is 70.3 Å². The molecule has 5 rings (SSSR count). The molecule has 8 heteroatoms. The SMILES string of the molecule is CC1=CSC2=NC(=O)/C(=C\c3ccc(OCc4ccc5c(c4)OCO5)cc3)C(=N)N12. The van der Waals surface area contributed by atoms with Gasteiger partial charge in [0.15, 0.2) is 16.7 Å². The zero-order chi connectivity index (χ0) is 20.7. The summed E-state index contributed by atoms with van der Waals surface area (Å²) < 4.78 is 16.5. The van der Waals surface area contributed by atoms with Crippen molar-refractivity contribution >= 4 is 34.7 Å². The van der Waals surface area contributed by atoms with Crippen molar-refractivity contribution in [2.24, 2.45) is 4.99 Å². The number of amidine groups is 2. The van der Waals surface area contributed by atoms with Crippen LogP contribution in [0.4, 0.5) is 0 Å². The predicted molar refractivity (Wildman–Crippen MR) is 115 cm³/mol. The molecule has 30 heavy (non-hydrogen) atoms. The number of carbonyl (C=O) groups excluding carboxylic acids is 1. The quantitative estimate of drug-likeness (QED) is 0.749. The van der Waals surface area contributed by atoms with Crippen LogP contribution in [-0.4, -0.2) is 28.6 Å². The van der Waals surface area contributed by atoms with Gasteiger partial charge in [-0.1, -0.05) is 30.0 Å². The fraction of sp³-hybridized carbons (Fsp3) is 0.136. The van der Waals surface area contributed by atoms with Gasteiger partial charge in [-0.05, 0) is 53.8 Å². The molecule has 0 spiro atoms. The van der Waals surface area contributed by atoms with Crippen molar-refractivity contribution in [1.29, 1.82) is 5.41 Å². The molecule has 1 N–H and O–H groups in total. The lowest BCUT2D eigenvalue weighted by atomic mass is 10.1. The molecule has 0 atom stereocenters. The number of amides is 1. The molecule has 1 amide bonds. The van der Waals surface area contributed by atoms with E-state index in [1.807, 2.05) is 54.8 Å². The second-order valence-electron chi connectivity index (χ2n) is 6.86. The number of aliphatic imine (C=N–C) groups is 1. The van der Waals surface area contributed by atoms with Crippen molar-refractivity contribution in [1.82, 2.24) is 4.90 Å². The van der Waals surface area contributed by atoms with E-state index in [4.69, 9.17) is 19.6 Å². The molecular formula is C22H17N3O4S. The summed E-state index contributed by atoms with van der Waals surface area (Å²) in [6.07, 6.45) is 1.68. The number of fused-ring (bicyclic) bond motifs is 2. The summed E-state index contributed by atoms with van der Waals surface area (Å²) in [6.45, 7) is 2.54. The Balaban J connectivity index is 1.29. The minimum atomic E-state index is -0.398. The van der Waals surface area contributed by atoms with Crippen LogP contribution in [0.3, 0.4) is 0 Å². The third-order valence-corrected chi connectivity index (χ3v) is 5.76. The Morgan fingerprint density at radius 1 is 1.20 bits per heavy atom. The van der Waals surface area contributed by atoms with Crippen molar-refractivity contribution in [3.63, 3.8) is 0 Å². The van der Waals surface area contributed by atoms with Crippen LogP contribution in [0.1, 0.15) is 18.1 Å². The molecule has 3 aliphatic rings. The topological polar surface area (TPSA) is 84.2 Å². The largest absolute Gasteiger partial charge is 0.489 e. The molecule has 7 nitrogen and oxygen atoms in total. The number of ether oxygens (including phenoxy) is 3. The highest BCUT2D eigenvalue weighted by molar-refractivity contribution is 8.16.